The molecule has 2 fully saturated rings. The topological polar surface area (TPSA) is 92.8 Å². The minimum atomic E-state index is -1.04. The smallest absolute Gasteiger partial charge is 0.329 e. The lowest BCUT2D eigenvalue weighted by Crippen LogP contribution is -2.45. The molecular formula is C21H22N2O5. The molecule has 1 saturated heterocycles. The first kappa shape index (κ1) is 18.4. The van der Waals surface area contributed by atoms with E-state index in [0.29, 0.717) is 5.69 Å². The molecule has 5 atom stereocenters. The van der Waals surface area contributed by atoms with Crippen molar-refractivity contribution < 1.29 is 23.9 Å². The van der Waals surface area contributed by atoms with Gasteiger partial charge in [0.2, 0.25) is 11.8 Å². The molecule has 1 saturated carbocycles. The highest BCUT2D eigenvalue weighted by Gasteiger charge is 2.60. The molecule has 1 N–H and O–H groups in total. The van der Waals surface area contributed by atoms with E-state index in [-0.39, 0.29) is 35.5 Å². The van der Waals surface area contributed by atoms with Crippen LogP contribution >= 0.6 is 0 Å². The van der Waals surface area contributed by atoms with E-state index in [1.54, 1.807) is 12.1 Å². The Bertz CT molecular complexity index is 863. The fraction of sp³-hybridized carbons (Fsp3) is 0.429. The summed E-state index contributed by atoms with van der Waals surface area (Å²) < 4.78 is 5.06. The van der Waals surface area contributed by atoms with Gasteiger partial charge in [-0.3, -0.25) is 19.3 Å². The molecule has 2 bridgehead atoms. The molecule has 1 aromatic rings. The summed E-state index contributed by atoms with van der Waals surface area (Å²) in [5.74, 6) is -2.41. The van der Waals surface area contributed by atoms with E-state index in [1.165, 1.54) is 6.92 Å². The van der Waals surface area contributed by atoms with Gasteiger partial charge < -0.3 is 10.1 Å². The molecule has 2 aliphatic carbocycles. The summed E-state index contributed by atoms with van der Waals surface area (Å²) in [5, 5.41) is 2.64. The van der Waals surface area contributed by atoms with Crippen molar-refractivity contribution in [3.63, 3.8) is 0 Å². The third kappa shape index (κ3) is 3.00. The largest absolute Gasteiger partial charge is 0.454 e. The molecule has 3 aliphatic rings. The summed E-state index contributed by atoms with van der Waals surface area (Å²) in [4.78, 5) is 50.9. The van der Waals surface area contributed by atoms with Crippen molar-refractivity contribution in [2.75, 3.05) is 11.9 Å². The third-order valence-electron chi connectivity index (χ3n) is 5.88. The van der Waals surface area contributed by atoms with Crippen molar-refractivity contribution in [3.05, 3.63) is 42.0 Å². The Labute approximate surface area is 162 Å². The lowest BCUT2D eigenvalue weighted by atomic mass is 9.85. The fourth-order valence-electron chi connectivity index (χ4n) is 4.59. The minimum absolute atomic E-state index is 0.0831. The number of ether oxygens (including phenoxy) is 1. The van der Waals surface area contributed by atoms with Crippen molar-refractivity contribution in [3.8, 4) is 0 Å². The zero-order chi connectivity index (χ0) is 20.0. The summed E-state index contributed by atoms with van der Waals surface area (Å²) in [6, 6.07) is 6.20. The van der Waals surface area contributed by atoms with Crippen LogP contribution < -0.4 is 5.32 Å². The molecular weight excluding hydrogens is 360 g/mol. The number of carbonyl (C=O) groups excluding carboxylic acids is 4. The van der Waals surface area contributed by atoms with Crippen LogP contribution in [0.3, 0.4) is 0 Å². The van der Waals surface area contributed by atoms with E-state index in [0.717, 1.165) is 16.9 Å². The standard InChI is InChI=1S/C21H22N2O5/c1-11-4-3-5-15(8-11)22-16(24)10-28-21(27)12(2)23-19(25)17-13-6-7-14(9-13)18(17)20(23)26/h3-8,12-14,17-18H,9-10H2,1-2H3,(H,22,24)/t12-,13-,14-,17-,18-/m0/s1. The molecule has 3 amide bonds. The van der Waals surface area contributed by atoms with Crippen LogP contribution in [-0.4, -0.2) is 41.2 Å². The van der Waals surface area contributed by atoms with Gasteiger partial charge in [-0.1, -0.05) is 24.3 Å². The van der Waals surface area contributed by atoms with E-state index in [4.69, 9.17) is 4.74 Å². The van der Waals surface area contributed by atoms with Crippen molar-refractivity contribution >= 4 is 29.4 Å². The molecule has 146 valence electrons. The fourth-order valence-corrected chi connectivity index (χ4v) is 4.59. The van der Waals surface area contributed by atoms with Gasteiger partial charge in [-0.05, 0) is 49.8 Å². The molecule has 7 heteroatoms. The van der Waals surface area contributed by atoms with Crippen LogP contribution in [0.15, 0.2) is 36.4 Å². The van der Waals surface area contributed by atoms with Crippen molar-refractivity contribution in [2.24, 2.45) is 23.7 Å². The van der Waals surface area contributed by atoms with Crippen LogP contribution in [0.1, 0.15) is 18.9 Å². The van der Waals surface area contributed by atoms with E-state index in [9.17, 15) is 19.2 Å². The molecule has 1 heterocycles. The zero-order valence-electron chi connectivity index (χ0n) is 15.8. The number of esters is 1. The zero-order valence-corrected chi connectivity index (χ0v) is 15.8. The maximum Gasteiger partial charge on any atom is 0.329 e. The Kier molecular flexibility index (Phi) is 4.53. The number of fused-ring (bicyclic) bond motifs is 5. The Hall–Kier alpha value is -2.96. The number of hydrogen-bond acceptors (Lipinski definition) is 5. The lowest BCUT2D eigenvalue weighted by Gasteiger charge is -2.23. The summed E-state index contributed by atoms with van der Waals surface area (Å²) in [5.41, 5.74) is 1.60. The number of anilines is 1. The Morgan fingerprint density at radius 1 is 1.18 bits per heavy atom. The SMILES string of the molecule is Cc1cccc(NC(=O)COC(=O)[C@H](C)N2C(=O)[C@@H]3[C@@H](C2=O)[C@H]2C=C[C@H]3C2)c1. The second kappa shape index (κ2) is 6.89. The summed E-state index contributed by atoms with van der Waals surface area (Å²) in [6.07, 6.45) is 4.83. The summed E-state index contributed by atoms with van der Waals surface area (Å²) in [7, 11) is 0. The predicted molar refractivity (Wildman–Crippen MR) is 99.8 cm³/mol. The number of imide groups is 1. The quantitative estimate of drug-likeness (QED) is 0.475. The van der Waals surface area contributed by atoms with Gasteiger partial charge in [0.05, 0.1) is 11.8 Å². The van der Waals surface area contributed by atoms with Crippen LogP contribution in [0.4, 0.5) is 5.69 Å². The van der Waals surface area contributed by atoms with E-state index < -0.39 is 24.5 Å². The summed E-state index contributed by atoms with van der Waals surface area (Å²) >= 11 is 0. The first-order chi connectivity index (χ1) is 13.4. The molecule has 1 aliphatic heterocycles. The Morgan fingerprint density at radius 3 is 2.43 bits per heavy atom. The monoisotopic (exact) mass is 382 g/mol. The third-order valence-corrected chi connectivity index (χ3v) is 5.88. The molecule has 0 spiro atoms. The van der Waals surface area contributed by atoms with Gasteiger partial charge >= 0.3 is 5.97 Å². The van der Waals surface area contributed by atoms with E-state index >= 15 is 0 Å². The Morgan fingerprint density at radius 2 is 1.82 bits per heavy atom. The van der Waals surface area contributed by atoms with Crippen LogP contribution in [-0.2, 0) is 23.9 Å². The number of rotatable bonds is 5. The maximum absolute atomic E-state index is 12.7. The van der Waals surface area contributed by atoms with Gasteiger partial charge in [-0.2, -0.15) is 0 Å². The van der Waals surface area contributed by atoms with Crippen LogP contribution in [0, 0.1) is 30.6 Å². The van der Waals surface area contributed by atoms with Gasteiger partial charge in [-0.25, -0.2) is 4.79 Å². The minimum Gasteiger partial charge on any atom is -0.454 e. The molecule has 0 aromatic heterocycles. The average Bonchev–Trinajstić information content (AvgIpc) is 3.33. The summed E-state index contributed by atoms with van der Waals surface area (Å²) in [6.45, 7) is 2.89. The van der Waals surface area contributed by atoms with Crippen molar-refractivity contribution in [1.82, 2.24) is 4.90 Å². The second-order valence-corrected chi connectivity index (χ2v) is 7.75. The first-order valence-corrected chi connectivity index (χ1v) is 9.45. The highest BCUT2D eigenvalue weighted by Crippen LogP contribution is 2.52. The molecule has 0 unspecified atom stereocenters. The van der Waals surface area contributed by atoms with Crippen LogP contribution in [0.25, 0.3) is 0 Å². The van der Waals surface area contributed by atoms with E-state index in [2.05, 4.69) is 5.32 Å². The second-order valence-electron chi connectivity index (χ2n) is 7.75. The number of carbonyl (C=O) groups is 4. The molecule has 0 radical (unpaired) electrons. The van der Waals surface area contributed by atoms with Gasteiger partial charge in [0.1, 0.15) is 6.04 Å². The highest BCUT2D eigenvalue weighted by molar-refractivity contribution is 6.09. The normalized spacial score (nSPS) is 28.4. The number of amides is 3. The van der Waals surface area contributed by atoms with Gasteiger partial charge in [0, 0.05) is 5.69 Å². The van der Waals surface area contributed by atoms with Gasteiger partial charge in [0.25, 0.3) is 5.91 Å². The van der Waals surface area contributed by atoms with Crippen LogP contribution in [0.5, 0.6) is 0 Å². The van der Waals surface area contributed by atoms with Crippen LogP contribution in [0.2, 0.25) is 0 Å². The molecule has 28 heavy (non-hydrogen) atoms. The highest BCUT2D eigenvalue weighted by atomic mass is 16.5. The van der Waals surface area contributed by atoms with Crippen molar-refractivity contribution in [1.29, 1.82) is 0 Å². The number of benzene rings is 1. The average molecular weight is 382 g/mol. The number of allylic oxidation sites excluding steroid dienone is 2. The maximum atomic E-state index is 12.7. The lowest BCUT2D eigenvalue weighted by molar-refractivity contribution is -0.159. The molecule has 7 nitrogen and oxygen atoms in total. The number of aryl methyl sites for hydroxylation is 1. The van der Waals surface area contributed by atoms with Crippen molar-refractivity contribution in [2.45, 2.75) is 26.3 Å². The van der Waals surface area contributed by atoms with Gasteiger partial charge in [-0.15, -0.1) is 0 Å². The first-order valence-electron chi connectivity index (χ1n) is 9.45. The van der Waals surface area contributed by atoms with Gasteiger partial charge in [0.15, 0.2) is 6.61 Å². The molecule has 1 aromatic carbocycles. The Balaban J connectivity index is 1.34. The number of likely N-dealkylation sites (tertiary alicyclic amines) is 1. The predicted octanol–water partition coefficient (Wildman–Crippen LogP) is 1.67. The number of nitrogens with one attached hydrogen (secondary N) is 1. The van der Waals surface area contributed by atoms with E-state index in [1.807, 2.05) is 31.2 Å². The number of hydrogen-bond donors (Lipinski definition) is 1. The number of nitrogens with zero attached hydrogens (tertiary/aromatic N) is 1. The molecule has 4 rings (SSSR count).